The molecule has 2 aromatic heterocycles. The van der Waals surface area contributed by atoms with Crippen LogP contribution >= 0.6 is 20.1 Å². The molecule has 0 spiro atoms. The first-order valence-electron chi connectivity index (χ1n) is 33.5. The molecule has 0 amide bonds. The molecule has 2 aliphatic carbocycles. The molecule has 1 aliphatic heterocycles. The van der Waals surface area contributed by atoms with E-state index in [0.29, 0.717) is 50.1 Å². The standard InChI is InChI=1S/C88H61B4N5S2/c89-81-80(86-93-87(96-77-56-24-8-23-52-74(77)75-54-26-29-57-78(75)96)95-88(94-86)97-79-58-30-27-53-73(79)72-51-25-28-55-76(72)92(97)65-39-13-3-14-40-65)82(90)85(99(68-45-19-6-20-46-68,69-47-21-7-22-48-69)71-50-32-38-64(60-71)62-35-11-2-12-36-62)83(91)84(81)98(66-41-15-4-16-42-66,67-43-17-5-18-44-67)70-49-31-37-63(59-70)61-33-9-1-10-34-61/h1-2,4-7,9-13,15-23,25-55,57-60H,3,8,14H2. The molecular weight excluding hydrogens is 1230 g/mol. The van der Waals surface area contributed by atoms with Crippen LogP contribution in [-0.2, 0) is 0 Å². The maximum absolute atomic E-state index is 8.81. The Morgan fingerprint density at radius 2 is 0.879 bits per heavy atom. The molecule has 17 rings (SSSR count). The summed E-state index contributed by atoms with van der Waals surface area (Å²) in [6.45, 7) is -0.375. The summed E-state index contributed by atoms with van der Waals surface area (Å²) in [5.41, 5.74) is 13.8. The Morgan fingerprint density at radius 1 is 0.404 bits per heavy atom. The lowest BCUT2D eigenvalue weighted by Gasteiger charge is -2.49. The summed E-state index contributed by atoms with van der Waals surface area (Å²) in [6.07, 6.45) is 13.6. The minimum Gasteiger partial charge on any atom is -0.345 e. The van der Waals surface area contributed by atoms with Gasteiger partial charge < -0.3 is 4.81 Å². The fourth-order valence-corrected chi connectivity index (χ4v) is 23.3. The maximum Gasteiger partial charge on any atom is 0.331 e. The lowest BCUT2D eigenvalue weighted by atomic mass is 9.45. The highest BCUT2D eigenvalue weighted by Gasteiger charge is 2.45. The summed E-state index contributed by atoms with van der Waals surface area (Å²) >= 11 is 0. The normalized spacial score (nSPS) is 13.5. The Morgan fingerprint density at radius 3 is 1.43 bits per heavy atom. The van der Waals surface area contributed by atoms with Crippen LogP contribution in [0.3, 0.4) is 0 Å². The summed E-state index contributed by atoms with van der Waals surface area (Å²) < 4.78 is 2.11. The maximum atomic E-state index is 8.81. The summed E-state index contributed by atoms with van der Waals surface area (Å²) in [5, 5.41) is 1.01. The molecule has 14 aromatic rings. The van der Waals surface area contributed by atoms with Crippen molar-refractivity contribution >= 4 is 101 Å². The van der Waals surface area contributed by atoms with Crippen LogP contribution in [0, 0.1) is 11.8 Å². The molecule has 0 bridgehead atoms. The number of rotatable bonds is 14. The molecule has 5 nitrogen and oxygen atoms in total. The summed E-state index contributed by atoms with van der Waals surface area (Å²) in [6, 6.07) is 108. The van der Waals surface area contributed by atoms with Gasteiger partial charge in [0.2, 0.25) is 11.9 Å². The molecule has 0 fully saturated rings. The van der Waals surface area contributed by atoms with Crippen LogP contribution in [0.25, 0.3) is 67.7 Å². The molecule has 0 saturated heterocycles. The number of para-hydroxylation sites is 2. The van der Waals surface area contributed by atoms with Gasteiger partial charge in [0.15, 0.2) is 5.82 Å². The zero-order valence-corrected chi connectivity index (χ0v) is 55.9. The van der Waals surface area contributed by atoms with Gasteiger partial charge in [-0.05, 0) is 147 Å². The Kier molecular flexibility index (Phi) is 16.1. The summed E-state index contributed by atoms with van der Waals surface area (Å²) in [7, 11) is 20.5. The first-order chi connectivity index (χ1) is 48.9. The predicted octanol–water partition coefficient (Wildman–Crippen LogP) is 18.5. The van der Waals surface area contributed by atoms with Crippen molar-refractivity contribution in [2.75, 3.05) is 4.81 Å². The van der Waals surface area contributed by atoms with Crippen LogP contribution in [-0.4, -0.2) is 49.9 Å². The molecular formula is C88H61B4N5S2. The number of anilines is 2. The molecule has 11 heteroatoms. The van der Waals surface area contributed by atoms with Crippen LogP contribution in [0.15, 0.2) is 372 Å². The van der Waals surface area contributed by atoms with Gasteiger partial charge in [-0.25, -0.2) is 0 Å². The summed E-state index contributed by atoms with van der Waals surface area (Å²) in [4.78, 5) is 27.6. The van der Waals surface area contributed by atoms with E-state index in [9.17, 15) is 0 Å². The second kappa shape index (κ2) is 25.9. The van der Waals surface area contributed by atoms with Crippen molar-refractivity contribution in [1.82, 2.24) is 19.5 Å². The van der Waals surface area contributed by atoms with E-state index < -0.39 is 20.1 Å². The minimum atomic E-state index is -2.88. The second-order valence-electron chi connectivity index (χ2n) is 24.9. The van der Waals surface area contributed by atoms with E-state index in [0.717, 1.165) is 114 Å². The molecule has 0 atom stereocenters. The van der Waals surface area contributed by atoms with Gasteiger partial charge >= 0.3 is 6.85 Å². The Labute approximate surface area is 586 Å². The van der Waals surface area contributed by atoms with Crippen molar-refractivity contribution in [2.45, 2.75) is 58.4 Å². The molecule has 3 aliphatic rings. The van der Waals surface area contributed by atoms with Gasteiger partial charge in [-0.2, -0.15) is 15.0 Å². The highest BCUT2D eigenvalue weighted by Crippen LogP contribution is 2.76. The highest BCUT2D eigenvalue weighted by molar-refractivity contribution is 8.35. The number of nitrogens with zero attached hydrogens (tertiary/aromatic N) is 5. The van der Waals surface area contributed by atoms with Crippen molar-refractivity contribution in [1.29, 1.82) is 0 Å². The van der Waals surface area contributed by atoms with E-state index in [1.807, 2.05) is 0 Å². The van der Waals surface area contributed by atoms with Crippen molar-refractivity contribution in [2.24, 2.45) is 0 Å². The van der Waals surface area contributed by atoms with Crippen LogP contribution in [0.2, 0.25) is 0 Å². The zero-order valence-electron chi connectivity index (χ0n) is 54.2. The van der Waals surface area contributed by atoms with Crippen molar-refractivity contribution < 1.29 is 0 Å². The van der Waals surface area contributed by atoms with Gasteiger partial charge in [0.05, 0.1) is 5.52 Å². The number of hydrogen-bond donors (Lipinski definition) is 0. The number of allylic oxidation sites excluding steroid dienone is 5. The number of benzene rings is 12. The molecule has 0 saturated carbocycles. The topological polar surface area (TPSA) is 46.8 Å². The predicted molar refractivity (Wildman–Crippen MR) is 415 cm³/mol. The van der Waals surface area contributed by atoms with E-state index in [1.165, 1.54) is 0 Å². The Balaban J connectivity index is 1.09. The van der Waals surface area contributed by atoms with Gasteiger partial charge in [0, 0.05) is 63.6 Å². The Hall–Kier alpha value is -11.3. The van der Waals surface area contributed by atoms with Crippen molar-refractivity contribution in [3.63, 3.8) is 0 Å². The van der Waals surface area contributed by atoms with Crippen molar-refractivity contribution in [3.8, 4) is 62.6 Å². The van der Waals surface area contributed by atoms with Gasteiger partial charge in [-0.15, -0.1) is 20.1 Å². The molecule has 0 N–H and O–H groups in total. The second-order valence-corrected chi connectivity index (χ2v) is 31.0. The van der Waals surface area contributed by atoms with Gasteiger partial charge in [0.25, 0.3) is 0 Å². The SMILES string of the molecule is [B]c1c(-c2nc(N3B(C4=CCCC=C4)c4ccccc4-c4ccccc43)nc(-n3c4c(c5ccccc53)C=CCC#C4)n2)c([B])c(S(c2ccccc2)(c2ccccc2)c2cccc(-c3ccccc3)c2)c([B])c1S(c1ccccc1)(c1ccccc1)c1cccc(-c2ccccc2)c1. The van der Waals surface area contributed by atoms with Crippen LogP contribution in [0.1, 0.15) is 30.5 Å². The van der Waals surface area contributed by atoms with E-state index >= 15 is 0 Å². The first-order valence-corrected chi connectivity index (χ1v) is 36.8. The lowest BCUT2D eigenvalue weighted by Crippen LogP contribution is -2.51. The molecule has 99 heavy (non-hydrogen) atoms. The fourth-order valence-electron chi connectivity index (χ4n) is 15.0. The van der Waals surface area contributed by atoms with E-state index in [1.54, 1.807) is 0 Å². The van der Waals surface area contributed by atoms with Gasteiger partial charge in [-0.3, -0.25) is 4.57 Å². The first kappa shape index (κ1) is 61.3. The number of hydrogen-bond acceptors (Lipinski definition) is 4. The average Bonchev–Trinajstić information content (AvgIpc) is 0.868. The largest absolute Gasteiger partial charge is 0.345 e. The van der Waals surface area contributed by atoms with Crippen LogP contribution in [0.4, 0.5) is 11.6 Å². The highest BCUT2D eigenvalue weighted by atomic mass is 32.3. The monoisotopic (exact) mass is 1300 g/mol. The molecule has 0 unspecified atom stereocenters. The average molecular weight is 1300 g/mol. The quantitative estimate of drug-likeness (QED) is 0.0804. The Bertz CT molecular complexity index is 5320. The third-order valence-electron chi connectivity index (χ3n) is 19.3. The third kappa shape index (κ3) is 10.3. The fraction of sp³-hybridized carbons (Fsp3) is 0.0341. The smallest absolute Gasteiger partial charge is 0.331 e. The number of aromatic nitrogens is 4. The van der Waals surface area contributed by atoms with E-state index in [2.05, 4.69) is 355 Å². The van der Waals surface area contributed by atoms with Crippen LogP contribution in [0.5, 0.6) is 0 Å². The van der Waals surface area contributed by atoms with Crippen molar-refractivity contribution in [3.05, 3.63) is 344 Å². The molecule has 3 heterocycles. The van der Waals surface area contributed by atoms with Gasteiger partial charge in [0.1, 0.15) is 29.2 Å². The summed E-state index contributed by atoms with van der Waals surface area (Å²) in [5.74, 6) is 8.09. The lowest BCUT2D eigenvalue weighted by molar-refractivity contribution is 0.914. The molecule has 462 valence electrons. The van der Waals surface area contributed by atoms with Crippen LogP contribution < -0.4 is 26.7 Å². The molecule has 12 aromatic carbocycles. The van der Waals surface area contributed by atoms with Gasteiger partial charge in [-0.1, -0.05) is 277 Å². The van der Waals surface area contributed by atoms with E-state index in [4.69, 9.17) is 38.5 Å². The third-order valence-corrected chi connectivity index (χ3v) is 27.2. The molecule has 6 radical (unpaired) electrons. The van der Waals surface area contributed by atoms with E-state index in [-0.39, 0.29) is 12.7 Å². The number of fused-ring (bicyclic) bond motifs is 6. The minimum absolute atomic E-state index is 0.263. The zero-order chi connectivity index (χ0) is 66.4.